The Labute approximate surface area is 193 Å². The van der Waals surface area contributed by atoms with Crippen LogP contribution in [0.3, 0.4) is 0 Å². The van der Waals surface area contributed by atoms with Crippen LogP contribution in [-0.2, 0) is 15.7 Å². The number of ether oxygens (including phenoxy) is 1. The van der Waals surface area contributed by atoms with Crippen LogP contribution >= 0.6 is 0 Å². The van der Waals surface area contributed by atoms with Crippen LogP contribution < -0.4 is 14.9 Å². The highest BCUT2D eigenvalue weighted by Crippen LogP contribution is 2.32. The first kappa shape index (κ1) is 23.1. The highest BCUT2D eigenvalue weighted by atomic mass is 32.2. The predicted octanol–water partition coefficient (Wildman–Crippen LogP) is 1.77. The molecule has 5 rings (SSSR count). The predicted molar refractivity (Wildman–Crippen MR) is 112 cm³/mol. The molecule has 2 fully saturated rings. The Morgan fingerprint density at radius 3 is 2.71 bits per heavy atom. The number of piperazine rings is 1. The average Bonchev–Trinajstić information content (AvgIpc) is 3.42. The van der Waals surface area contributed by atoms with Crippen molar-refractivity contribution in [1.82, 2.24) is 29.6 Å². The minimum atomic E-state index is -2.95. The van der Waals surface area contributed by atoms with Gasteiger partial charge in [-0.1, -0.05) is 0 Å². The summed E-state index contributed by atoms with van der Waals surface area (Å²) in [5.41, 5.74) is -0.471. The maximum Gasteiger partial charge on any atom is 0.314 e. The van der Waals surface area contributed by atoms with Crippen LogP contribution in [0.25, 0.3) is 17.2 Å². The van der Waals surface area contributed by atoms with Gasteiger partial charge >= 0.3 is 6.43 Å². The lowest BCUT2D eigenvalue weighted by atomic mass is 10.0. The number of nitrogens with zero attached hydrogens (tertiary/aromatic N) is 5. The minimum Gasteiger partial charge on any atom is -0.412 e. The fourth-order valence-electron chi connectivity index (χ4n) is 3.93. The molecule has 2 N–H and O–H groups in total. The van der Waals surface area contributed by atoms with Gasteiger partial charge in [-0.2, -0.15) is 8.78 Å². The molecule has 184 valence electrons. The van der Waals surface area contributed by atoms with Crippen LogP contribution in [0.5, 0.6) is 0 Å². The summed E-state index contributed by atoms with van der Waals surface area (Å²) in [6.07, 6.45) is -2.78. The molecule has 10 nitrogen and oxygen atoms in total. The zero-order valence-corrected chi connectivity index (χ0v) is 18.7. The summed E-state index contributed by atoms with van der Waals surface area (Å²) in [7, 11) is -2.04. The summed E-state index contributed by atoms with van der Waals surface area (Å²) in [6, 6.07) is 1.82. The van der Waals surface area contributed by atoms with Crippen molar-refractivity contribution in [2.24, 2.45) is 0 Å². The summed E-state index contributed by atoms with van der Waals surface area (Å²) in [5, 5.41) is 10.3. The lowest BCUT2D eigenvalue weighted by molar-refractivity contribution is -0.133. The molecule has 2 saturated heterocycles. The van der Waals surface area contributed by atoms with Crippen LogP contribution in [0.15, 0.2) is 27.8 Å². The van der Waals surface area contributed by atoms with Crippen LogP contribution in [0.2, 0.25) is 0 Å². The van der Waals surface area contributed by atoms with Crippen LogP contribution in [0, 0.1) is 0 Å². The second-order valence-corrected chi connectivity index (χ2v) is 9.48. The largest absolute Gasteiger partial charge is 0.412 e. The lowest BCUT2D eigenvalue weighted by Gasteiger charge is -2.40. The zero-order valence-electron chi connectivity index (χ0n) is 17.9. The number of hydrogen-bond acceptors (Lipinski definition) is 8. The molecule has 2 aliphatic heterocycles. The van der Waals surface area contributed by atoms with Gasteiger partial charge in [0.25, 0.3) is 18.2 Å². The van der Waals surface area contributed by atoms with Crippen molar-refractivity contribution in [3.63, 3.8) is 0 Å². The maximum atomic E-state index is 13.6. The fraction of sp³-hybridized carbons (Fsp3) is 0.526. The molecule has 3 aromatic rings. The number of anilines is 1. The van der Waals surface area contributed by atoms with Gasteiger partial charge in [0.05, 0.1) is 35.5 Å². The molecule has 0 spiro atoms. The third-order valence-corrected chi connectivity index (χ3v) is 7.01. The Bertz CT molecular complexity index is 1220. The molecule has 2 atom stereocenters. The normalized spacial score (nSPS) is 21.4. The van der Waals surface area contributed by atoms with Gasteiger partial charge < -0.3 is 19.4 Å². The first-order chi connectivity index (χ1) is 16.3. The Morgan fingerprint density at radius 1 is 1.29 bits per heavy atom. The Kier molecular flexibility index (Phi) is 6.03. The highest BCUT2D eigenvalue weighted by molar-refractivity contribution is 7.83. The summed E-state index contributed by atoms with van der Waals surface area (Å²) < 4.78 is 80.2. The molecule has 0 radical (unpaired) electrons. The lowest BCUT2D eigenvalue weighted by Crippen LogP contribution is -2.65. The van der Waals surface area contributed by atoms with Gasteiger partial charge in [0.1, 0.15) is 16.5 Å². The molecule has 0 aliphatic carbocycles. The van der Waals surface area contributed by atoms with Crippen LogP contribution in [0.4, 0.5) is 23.2 Å². The third kappa shape index (κ3) is 4.06. The van der Waals surface area contributed by atoms with Crippen molar-refractivity contribution in [3.8, 4) is 11.7 Å². The second kappa shape index (κ2) is 8.87. The average molecular weight is 503 g/mol. The standard InChI is InChI=1S/C19H21F4N7O3S/c1-10-6-29(3-2-24-10)12-4-11(34(31)28-19(18(22)23)8-32-9-19)7-30-13(12)5-25-15(30)17-27-26-16(33-17)14(20)21/h4-5,7,10,14,18,24,28H,2-3,6,8-9H2,1H3. The quantitative estimate of drug-likeness (QED) is 0.470. The van der Waals surface area contributed by atoms with E-state index in [4.69, 9.17) is 9.15 Å². The molecule has 2 unspecified atom stereocenters. The molecule has 15 heteroatoms. The molecule has 34 heavy (non-hydrogen) atoms. The number of hydrogen-bond donors (Lipinski definition) is 2. The summed E-state index contributed by atoms with van der Waals surface area (Å²) in [4.78, 5) is 6.50. The van der Waals surface area contributed by atoms with E-state index in [9.17, 15) is 21.8 Å². The topological polar surface area (TPSA) is 110 Å². The molecule has 5 heterocycles. The van der Waals surface area contributed by atoms with E-state index in [0.29, 0.717) is 30.8 Å². The number of imidazole rings is 1. The number of halogens is 4. The van der Waals surface area contributed by atoms with Gasteiger partial charge in [-0.15, -0.1) is 10.2 Å². The van der Waals surface area contributed by atoms with E-state index in [-0.39, 0.29) is 35.9 Å². The molecule has 0 saturated carbocycles. The summed E-state index contributed by atoms with van der Waals surface area (Å²) in [6.45, 7) is 3.44. The number of pyridine rings is 1. The molecule has 0 aromatic carbocycles. The van der Waals surface area contributed by atoms with E-state index in [1.807, 2.05) is 6.92 Å². The second-order valence-electron chi connectivity index (χ2n) is 8.27. The third-order valence-electron chi connectivity index (χ3n) is 5.77. The van der Waals surface area contributed by atoms with Gasteiger partial charge in [0.15, 0.2) is 0 Å². The van der Waals surface area contributed by atoms with Crippen LogP contribution in [0.1, 0.15) is 19.2 Å². The SMILES string of the molecule is CC1CN(c2cc(S(=O)NC3(C(F)F)COC3)cn3c(-c4nnc(C(F)F)o4)ncc23)CCN1. The van der Waals surface area contributed by atoms with Gasteiger partial charge in [0.2, 0.25) is 5.82 Å². The molecule has 0 bridgehead atoms. The maximum absolute atomic E-state index is 13.6. The van der Waals surface area contributed by atoms with Crippen LogP contribution in [-0.4, -0.2) is 74.6 Å². The van der Waals surface area contributed by atoms with E-state index >= 15 is 0 Å². The van der Waals surface area contributed by atoms with Crippen molar-refractivity contribution in [2.75, 3.05) is 37.7 Å². The van der Waals surface area contributed by atoms with Gasteiger partial charge in [-0.05, 0) is 13.0 Å². The monoisotopic (exact) mass is 503 g/mol. The molecular weight excluding hydrogens is 482 g/mol. The Balaban J connectivity index is 1.59. The smallest absolute Gasteiger partial charge is 0.314 e. The fourth-order valence-corrected chi connectivity index (χ4v) is 5.04. The highest BCUT2D eigenvalue weighted by Gasteiger charge is 2.48. The number of rotatable bonds is 7. The van der Waals surface area contributed by atoms with E-state index < -0.39 is 35.3 Å². The molecule has 2 aliphatic rings. The zero-order chi connectivity index (χ0) is 24.0. The minimum absolute atomic E-state index is 0.0632. The van der Waals surface area contributed by atoms with Crippen molar-refractivity contribution in [3.05, 3.63) is 24.4 Å². The number of aromatic nitrogens is 4. The molecule has 3 aromatic heterocycles. The Hall–Kier alpha value is -2.62. The first-order valence-electron chi connectivity index (χ1n) is 10.4. The summed E-state index contributed by atoms with van der Waals surface area (Å²) >= 11 is 0. The number of fused-ring (bicyclic) bond motifs is 1. The van der Waals surface area contributed by atoms with E-state index in [1.165, 1.54) is 16.8 Å². The number of nitrogens with one attached hydrogen (secondary N) is 2. The van der Waals surface area contributed by atoms with E-state index in [2.05, 4.69) is 30.1 Å². The van der Waals surface area contributed by atoms with Crippen molar-refractivity contribution in [1.29, 1.82) is 0 Å². The van der Waals surface area contributed by atoms with Gasteiger partial charge in [-0.25, -0.2) is 22.7 Å². The number of alkyl halides is 4. The first-order valence-corrected chi connectivity index (χ1v) is 11.6. The van der Waals surface area contributed by atoms with E-state index in [0.717, 1.165) is 0 Å². The van der Waals surface area contributed by atoms with Gasteiger partial charge in [-0.3, -0.25) is 4.40 Å². The van der Waals surface area contributed by atoms with Gasteiger partial charge in [0, 0.05) is 31.9 Å². The summed E-state index contributed by atoms with van der Waals surface area (Å²) in [5.74, 6) is -1.04. The molecule has 0 amide bonds. The Morgan fingerprint density at radius 2 is 2.09 bits per heavy atom. The van der Waals surface area contributed by atoms with E-state index in [1.54, 1.807) is 6.07 Å². The molecular formula is C19H21F4N7O3S. The van der Waals surface area contributed by atoms with Crippen molar-refractivity contribution in [2.45, 2.75) is 36.3 Å². The van der Waals surface area contributed by atoms with Crippen molar-refractivity contribution < 1.29 is 30.9 Å². The van der Waals surface area contributed by atoms with Crippen molar-refractivity contribution >= 4 is 22.2 Å².